The molecule has 2 fully saturated rings. The van der Waals surface area contributed by atoms with Gasteiger partial charge in [0.2, 0.25) is 0 Å². The van der Waals surface area contributed by atoms with Gasteiger partial charge in [-0.05, 0) is 44.8 Å². The highest BCUT2D eigenvalue weighted by Crippen LogP contribution is 2.25. The molecule has 2 rings (SSSR count). The zero-order valence-electron chi connectivity index (χ0n) is 15.7. The number of hydrogen-bond donors (Lipinski definition) is 0. The summed E-state index contributed by atoms with van der Waals surface area (Å²) in [6.45, 7) is 15.3. The van der Waals surface area contributed by atoms with Gasteiger partial charge in [-0.3, -0.25) is 0 Å². The minimum absolute atomic E-state index is 0.978. The summed E-state index contributed by atoms with van der Waals surface area (Å²) >= 11 is 0. The Morgan fingerprint density at radius 1 is 0.800 bits per heavy atom. The third-order valence-electron chi connectivity index (χ3n) is 4.31. The van der Waals surface area contributed by atoms with E-state index in [1.165, 1.54) is 64.5 Å². The van der Waals surface area contributed by atoms with Crippen LogP contribution in [0.4, 0.5) is 0 Å². The predicted octanol–water partition coefficient (Wildman–Crippen LogP) is 6.38. The van der Waals surface area contributed by atoms with Crippen molar-refractivity contribution in [2.75, 3.05) is 20.1 Å². The van der Waals surface area contributed by atoms with Gasteiger partial charge in [-0.2, -0.15) is 0 Å². The van der Waals surface area contributed by atoms with Crippen molar-refractivity contribution in [1.82, 2.24) is 4.90 Å². The third-order valence-corrected chi connectivity index (χ3v) is 4.31. The lowest BCUT2D eigenvalue weighted by Crippen LogP contribution is -2.28. The quantitative estimate of drug-likeness (QED) is 0.540. The lowest BCUT2D eigenvalue weighted by atomic mass is 9.88. The Bertz CT molecular complexity index is 143. The number of piperidine rings is 1. The maximum atomic E-state index is 2.40. The molecule has 0 radical (unpaired) electrons. The van der Waals surface area contributed by atoms with E-state index < -0.39 is 0 Å². The topological polar surface area (TPSA) is 3.24 Å². The van der Waals surface area contributed by atoms with Crippen LogP contribution in [-0.2, 0) is 0 Å². The van der Waals surface area contributed by atoms with Crippen molar-refractivity contribution in [1.29, 1.82) is 0 Å². The van der Waals surface area contributed by atoms with E-state index in [0.717, 1.165) is 11.8 Å². The largest absolute Gasteiger partial charge is 0.306 e. The molecule has 20 heavy (non-hydrogen) atoms. The number of nitrogens with zero attached hydrogens (tertiary/aromatic N) is 1. The van der Waals surface area contributed by atoms with Crippen molar-refractivity contribution in [3.05, 3.63) is 0 Å². The van der Waals surface area contributed by atoms with Crippen molar-refractivity contribution in [3.63, 3.8) is 0 Å². The van der Waals surface area contributed by atoms with Crippen LogP contribution >= 0.6 is 0 Å². The molecule has 0 amide bonds. The Hall–Kier alpha value is -0.0400. The summed E-state index contributed by atoms with van der Waals surface area (Å²) in [5.41, 5.74) is 0. The summed E-state index contributed by atoms with van der Waals surface area (Å²) in [5, 5.41) is 0. The van der Waals surface area contributed by atoms with Crippen LogP contribution < -0.4 is 0 Å². The molecular formula is C19H43N. The molecular weight excluding hydrogens is 242 g/mol. The van der Waals surface area contributed by atoms with E-state index >= 15 is 0 Å². The molecule has 0 unspecified atom stereocenters. The summed E-state index contributed by atoms with van der Waals surface area (Å²) in [7, 11) is 2.20. The first-order valence-corrected chi connectivity index (χ1v) is 9.41. The van der Waals surface area contributed by atoms with Crippen LogP contribution in [0.3, 0.4) is 0 Å². The normalized spacial score (nSPS) is 20.6. The van der Waals surface area contributed by atoms with E-state index in [2.05, 4.69) is 25.8 Å². The molecule has 0 aromatic heterocycles. The Morgan fingerprint density at radius 3 is 1.55 bits per heavy atom. The fourth-order valence-corrected chi connectivity index (χ4v) is 2.73. The monoisotopic (exact) mass is 285 g/mol. The molecule has 1 aliphatic heterocycles. The summed E-state index contributed by atoms with van der Waals surface area (Å²) in [6, 6.07) is 0. The van der Waals surface area contributed by atoms with Crippen LogP contribution in [0.1, 0.15) is 92.9 Å². The second kappa shape index (κ2) is 17.0. The van der Waals surface area contributed by atoms with Crippen LogP contribution in [0.5, 0.6) is 0 Å². The molecule has 0 N–H and O–H groups in total. The minimum atomic E-state index is 0.978. The molecule has 0 aromatic carbocycles. The van der Waals surface area contributed by atoms with Crippen molar-refractivity contribution in [2.45, 2.75) is 92.9 Å². The lowest BCUT2D eigenvalue weighted by molar-refractivity contribution is 0.230. The van der Waals surface area contributed by atoms with Gasteiger partial charge in [0.15, 0.2) is 0 Å². The molecule has 1 heteroatoms. The predicted molar refractivity (Wildman–Crippen MR) is 95.5 cm³/mol. The molecule has 0 atom stereocenters. The average molecular weight is 286 g/mol. The van der Waals surface area contributed by atoms with Crippen LogP contribution in [0, 0.1) is 11.8 Å². The first-order valence-electron chi connectivity index (χ1n) is 9.41. The summed E-state index contributed by atoms with van der Waals surface area (Å²) in [4.78, 5) is 2.40. The molecule has 1 nitrogen and oxygen atoms in total. The van der Waals surface area contributed by atoms with E-state index in [1.54, 1.807) is 0 Å². The first kappa shape index (κ1) is 22.2. The molecule has 1 aliphatic carbocycles. The van der Waals surface area contributed by atoms with Crippen LogP contribution in [0.2, 0.25) is 0 Å². The number of rotatable bonds is 1. The summed E-state index contributed by atoms with van der Waals surface area (Å²) < 4.78 is 0. The maximum Gasteiger partial charge on any atom is -0.00192 e. The number of hydrogen-bond acceptors (Lipinski definition) is 1. The highest BCUT2D eigenvalue weighted by Gasteiger charge is 2.11. The second-order valence-electron chi connectivity index (χ2n) is 5.90. The smallest absolute Gasteiger partial charge is 0.00192 e. The van der Waals surface area contributed by atoms with Gasteiger partial charge in [-0.1, -0.05) is 80.1 Å². The maximum absolute atomic E-state index is 2.40. The van der Waals surface area contributed by atoms with Gasteiger partial charge in [-0.15, -0.1) is 0 Å². The average Bonchev–Trinajstić information content (AvgIpc) is 2.55. The Balaban J connectivity index is 0. The highest BCUT2D eigenvalue weighted by atomic mass is 15.1. The van der Waals surface area contributed by atoms with Gasteiger partial charge >= 0.3 is 0 Å². The first-order chi connectivity index (χ1) is 9.72. The molecule has 2 aliphatic rings. The second-order valence-corrected chi connectivity index (χ2v) is 5.90. The molecule has 124 valence electrons. The Morgan fingerprint density at radius 2 is 1.25 bits per heavy atom. The summed E-state index contributed by atoms with van der Waals surface area (Å²) in [6.07, 6.45) is 11.7. The standard InChI is InChI=1S/C8H16.C7H15N.2C2H6/c1-2-8-6-4-3-5-7-8;1-7-3-5-8(2)6-4-7;2*1-2/h8H,2-7H2,1H3;7H,3-6H2,1-2H3;2*1-2H3. The van der Waals surface area contributed by atoms with Crippen molar-refractivity contribution < 1.29 is 0 Å². The number of likely N-dealkylation sites (tertiary alicyclic amines) is 1. The van der Waals surface area contributed by atoms with Gasteiger partial charge in [0.25, 0.3) is 0 Å². The SMILES string of the molecule is CC.CC.CC1CCN(C)CC1.CCC1CCCCC1. The molecule has 0 bridgehead atoms. The Kier molecular flexibility index (Phi) is 18.9. The molecule has 1 saturated heterocycles. The molecule has 0 aromatic rings. The van der Waals surface area contributed by atoms with E-state index in [4.69, 9.17) is 0 Å². The molecule has 0 spiro atoms. The van der Waals surface area contributed by atoms with Crippen molar-refractivity contribution in [2.24, 2.45) is 11.8 Å². The van der Waals surface area contributed by atoms with Crippen LogP contribution in [0.15, 0.2) is 0 Å². The summed E-state index contributed by atoms with van der Waals surface area (Å²) in [5.74, 6) is 2.06. The fraction of sp³-hybridized carbons (Fsp3) is 1.00. The Labute approximate surface area is 130 Å². The lowest BCUT2D eigenvalue weighted by Gasteiger charge is -2.26. The van der Waals surface area contributed by atoms with Crippen LogP contribution in [-0.4, -0.2) is 25.0 Å². The van der Waals surface area contributed by atoms with Gasteiger partial charge < -0.3 is 4.90 Å². The van der Waals surface area contributed by atoms with E-state index in [-0.39, 0.29) is 0 Å². The van der Waals surface area contributed by atoms with E-state index in [9.17, 15) is 0 Å². The van der Waals surface area contributed by atoms with Crippen LogP contribution in [0.25, 0.3) is 0 Å². The van der Waals surface area contributed by atoms with Gasteiger partial charge in [0, 0.05) is 0 Å². The zero-order valence-corrected chi connectivity index (χ0v) is 15.7. The van der Waals surface area contributed by atoms with Gasteiger partial charge in [0.1, 0.15) is 0 Å². The fourth-order valence-electron chi connectivity index (χ4n) is 2.73. The highest BCUT2D eigenvalue weighted by molar-refractivity contribution is 4.65. The minimum Gasteiger partial charge on any atom is -0.306 e. The van der Waals surface area contributed by atoms with Crippen molar-refractivity contribution in [3.8, 4) is 0 Å². The van der Waals surface area contributed by atoms with E-state index in [0.29, 0.717) is 0 Å². The van der Waals surface area contributed by atoms with Crippen molar-refractivity contribution >= 4 is 0 Å². The van der Waals surface area contributed by atoms with E-state index in [1.807, 2.05) is 27.7 Å². The van der Waals surface area contributed by atoms with Gasteiger partial charge in [0.05, 0.1) is 0 Å². The third kappa shape index (κ3) is 13.0. The van der Waals surface area contributed by atoms with Gasteiger partial charge in [-0.25, -0.2) is 0 Å². The molecule has 1 heterocycles. The molecule has 1 saturated carbocycles. The zero-order chi connectivity index (χ0) is 15.8.